The number of azo groups is 1. The highest BCUT2D eigenvalue weighted by Gasteiger charge is 2.43. The van der Waals surface area contributed by atoms with Crippen LogP contribution in [0.25, 0.3) is 11.3 Å². The Labute approximate surface area is 207 Å². The molecule has 0 saturated heterocycles. The van der Waals surface area contributed by atoms with E-state index in [9.17, 15) is 13.7 Å². The SMILES string of the molecule is Cc1ccc(S(=O)(=O)OC2(c3ccnc(-c4ccccc4)c3)N=NC(c3ccnc(C#N)c3)=N2)cc1. The van der Waals surface area contributed by atoms with Crippen molar-refractivity contribution in [3.63, 3.8) is 0 Å². The number of aryl methyl sites for hydroxylation is 1. The van der Waals surface area contributed by atoms with Crippen LogP contribution in [0.4, 0.5) is 0 Å². The van der Waals surface area contributed by atoms with Crippen LogP contribution in [0.15, 0.2) is 111 Å². The number of aromatic nitrogens is 2. The van der Waals surface area contributed by atoms with E-state index in [1.54, 1.807) is 30.3 Å². The van der Waals surface area contributed by atoms with Gasteiger partial charge in [0.15, 0.2) is 5.84 Å². The predicted molar refractivity (Wildman–Crippen MR) is 131 cm³/mol. The van der Waals surface area contributed by atoms with Crippen molar-refractivity contribution in [3.8, 4) is 17.3 Å². The average molecular weight is 495 g/mol. The van der Waals surface area contributed by atoms with Crippen molar-refractivity contribution < 1.29 is 12.6 Å². The maximum atomic E-state index is 13.3. The second-order valence-corrected chi connectivity index (χ2v) is 9.48. The van der Waals surface area contributed by atoms with Crippen LogP contribution in [0.2, 0.25) is 0 Å². The first-order chi connectivity index (χ1) is 17.4. The Hall–Kier alpha value is -4.59. The number of hydrogen-bond donors (Lipinski definition) is 0. The van der Waals surface area contributed by atoms with Gasteiger partial charge >= 0.3 is 16.0 Å². The van der Waals surface area contributed by atoms with Gasteiger partial charge in [-0.2, -0.15) is 13.7 Å². The number of benzene rings is 2. The predicted octanol–water partition coefficient (Wildman–Crippen LogP) is 4.75. The van der Waals surface area contributed by atoms with E-state index >= 15 is 0 Å². The molecular formula is C26H18N6O3S. The Morgan fingerprint density at radius 3 is 2.39 bits per heavy atom. The van der Waals surface area contributed by atoms with Gasteiger partial charge in [-0.05, 0) is 43.3 Å². The molecule has 0 bridgehead atoms. The zero-order valence-corrected chi connectivity index (χ0v) is 19.8. The highest BCUT2D eigenvalue weighted by atomic mass is 32.2. The molecular weight excluding hydrogens is 476 g/mol. The number of rotatable bonds is 6. The maximum absolute atomic E-state index is 13.3. The van der Waals surface area contributed by atoms with Gasteiger partial charge in [0.1, 0.15) is 11.8 Å². The molecule has 0 spiro atoms. The first kappa shape index (κ1) is 23.2. The van der Waals surface area contributed by atoms with Crippen molar-refractivity contribution in [1.29, 1.82) is 5.26 Å². The molecule has 2 aromatic heterocycles. The lowest BCUT2D eigenvalue weighted by molar-refractivity contribution is 0.0939. The van der Waals surface area contributed by atoms with Gasteiger partial charge in [-0.3, -0.25) is 4.98 Å². The molecule has 176 valence electrons. The van der Waals surface area contributed by atoms with Crippen LogP contribution in [-0.4, -0.2) is 24.2 Å². The van der Waals surface area contributed by atoms with Crippen LogP contribution >= 0.6 is 0 Å². The fraction of sp³-hybridized carbons (Fsp3) is 0.0769. The van der Waals surface area contributed by atoms with Gasteiger partial charge in [0, 0.05) is 29.1 Å². The second-order valence-electron chi connectivity index (χ2n) is 7.93. The van der Waals surface area contributed by atoms with E-state index in [2.05, 4.69) is 25.2 Å². The van der Waals surface area contributed by atoms with E-state index in [1.165, 1.54) is 30.6 Å². The quantitative estimate of drug-likeness (QED) is 0.356. The van der Waals surface area contributed by atoms with Crippen LogP contribution in [0.5, 0.6) is 0 Å². The number of nitrogens with zero attached hydrogens (tertiary/aromatic N) is 6. The summed E-state index contributed by atoms with van der Waals surface area (Å²) in [4.78, 5) is 12.8. The monoisotopic (exact) mass is 494 g/mol. The third-order valence-corrected chi connectivity index (χ3v) is 6.71. The summed E-state index contributed by atoms with van der Waals surface area (Å²) in [6, 6.07) is 24.0. The first-order valence-corrected chi connectivity index (χ1v) is 12.2. The molecule has 9 nitrogen and oxygen atoms in total. The Morgan fingerprint density at radius 2 is 1.64 bits per heavy atom. The first-order valence-electron chi connectivity index (χ1n) is 10.8. The molecule has 36 heavy (non-hydrogen) atoms. The van der Waals surface area contributed by atoms with Crippen molar-refractivity contribution in [2.45, 2.75) is 17.7 Å². The lowest BCUT2D eigenvalue weighted by Crippen LogP contribution is -2.27. The van der Waals surface area contributed by atoms with Gasteiger partial charge in [0.25, 0.3) is 0 Å². The summed E-state index contributed by atoms with van der Waals surface area (Å²) in [5, 5.41) is 17.5. The lowest BCUT2D eigenvalue weighted by atomic mass is 10.1. The molecule has 1 atom stereocenters. The van der Waals surface area contributed by atoms with Gasteiger partial charge in [-0.25, -0.2) is 14.2 Å². The van der Waals surface area contributed by atoms with Crippen LogP contribution in [0.1, 0.15) is 22.4 Å². The van der Waals surface area contributed by atoms with Crippen LogP contribution in [0.3, 0.4) is 0 Å². The fourth-order valence-electron chi connectivity index (χ4n) is 3.57. The zero-order chi connectivity index (χ0) is 25.2. The summed E-state index contributed by atoms with van der Waals surface area (Å²) in [5.74, 6) is -1.92. The number of aliphatic imine (C=N–C) groups is 1. The van der Waals surface area contributed by atoms with E-state index in [0.29, 0.717) is 16.8 Å². The number of nitriles is 1. The highest BCUT2D eigenvalue weighted by Crippen LogP contribution is 2.39. The van der Waals surface area contributed by atoms with Crippen molar-refractivity contribution in [2.24, 2.45) is 15.2 Å². The van der Waals surface area contributed by atoms with Crippen LogP contribution < -0.4 is 0 Å². The van der Waals surface area contributed by atoms with E-state index in [0.717, 1.165) is 11.1 Å². The summed E-state index contributed by atoms with van der Waals surface area (Å²) in [6.45, 7) is 1.85. The van der Waals surface area contributed by atoms with Gasteiger partial charge in [0.05, 0.1) is 10.6 Å². The molecule has 0 amide bonds. The third kappa shape index (κ3) is 4.53. The normalized spacial score (nSPS) is 16.9. The Balaban J connectivity index is 1.64. The number of pyridine rings is 2. The Bertz CT molecular complexity index is 1650. The van der Waals surface area contributed by atoms with E-state index in [1.807, 2.05) is 43.3 Å². The molecule has 1 aliphatic rings. The van der Waals surface area contributed by atoms with Gasteiger partial charge in [-0.15, -0.1) is 10.2 Å². The standard InChI is InChI=1S/C26H18N6O3S/c1-18-7-9-23(10-8-18)36(33,34)35-26(21-12-14-29-24(16-21)19-5-3-2-4-6-19)30-25(31-32-26)20-11-13-28-22(15-20)17-27/h2-16H,1H3. The average Bonchev–Trinajstić information content (AvgIpc) is 3.34. The topological polar surface area (TPSA) is 130 Å². The van der Waals surface area contributed by atoms with Crippen molar-refractivity contribution in [1.82, 2.24) is 9.97 Å². The summed E-state index contributed by atoms with van der Waals surface area (Å²) in [7, 11) is -4.31. The van der Waals surface area contributed by atoms with Gasteiger partial charge in [-0.1, -0.05) is 48.0 Å². The molecule has 0 aliphatic carbocycles. The number of hydrogen-bond acceptors (Lipinski definition) is 9. The molecule has 2 aromatic carbocycles. The van der Waals surface area contributed by atoms with E-state index in [-0.39, 0.29) is 16.4 Å². The van der Waals surface area contributed by atoms with Crippen LogP contribution in [-0.2, 0) is 20.2 Å². The molecule has 0 N–H and O–H groups in total. The summed E-state index contributed by atoms with van der Waals surface area (Å²) in [6.07, 6.45) is 2.97. The second kappa shape index (κ2) is 9.22. The minimum atomic E-state index is -4.31. The lowest BCUT2D eigenvalue weighted by Gasteiger charge is -2.22. The molecule has 0 radical (unpaired) electrons. The molecule has 5 rings (SSSR count). The van der Waals surface area contributed by atoms with E-state index < -0.39 is 16.0 Å². The van der Waals surface area contributed by atoms with Crippen molar-refractivity contribution in [2.75, 3.05) is 0 Å². The molecule has 0 fully saturated rings. The molecule has 4 aromatic rings. The minimum Gasteiger partial charge on any atom is -0.256 e. The molecule has 1 aliphatic heterocycles. The number of amidine groups is 1. The Morgan fingerprint density at radius 1 is 0.889 bits per heavy atom. The maximum Gasteiger partial charge on any atom is 0.320 e. The Kier molecular flexibility index (Phi) is 5.93. The largest absolute Gasteiger partial charge is 0.320 e. The molecule has 10 heteroatoms. The van der Waals surface area contributed by atoms with E-state index in [4.69, 9.17) is 4.18 Å². The summed E-state index contributed by atoms with van der Waals surface area (Å²) in [5.41, 5.74) is 3.23. The third-order valence-electron chi connectivity index (χ3n) is 5.41. The molecule has 0 saturated carbocycles. The van der Waals surface area contributed by atoms with Gasteiger partial charge < -0.3 is 0 Å². The zero-order valence-electron chi connectivity index (χ0n) is 19.0. The van der Waals surface area contributed by atoms with Crippen LogP contribution in [0, 0.1) is 18.3 Å². The highest BCUT2D eigenvalue weighted by molar-refractivity contribution is 7.86. The summed E-state index contributed by atoms with van der Waals surface area (Å²) >= 11 is 0. The smallest absolute Gasteiger partial charge is 0.256 e. The summed E-state index contributed by atoms with van der Waals surface area (Å²) < 4.78 is 32.3. The molecule has 1 unspecified atom stereocenters. The molecule has 3 heterocycles. The fourth-order valence-corrected chi connectivity index (χ4v) is 4.61. The van der Waals surface area contributed by atoms with Crippen molar-refractivity contribution in [3.05, 3.63) is 114 Å². The van der Waals surface area contributed by atoms with Gasteiger partial charge in [0.2, 0.25) is 0 Å². The van der Waals surface area contributed by atoms with Crippen molar-refractivity contribution >= 4 is 16.0 Å². The minimum absolute atomic E-state index is 0.0423.